The zero-order chi connectivity index (χ0) is 25.1. The van der Waals surface area contributed by atoms with Gasteiger partial charge in [0.25, 0.3) is 0 Å². The lowest BCUT2D eigenvalue weighted by atomic mass is 9.92. The Hall–Kier alpha value is -3.35. The molecule has 7 nitrogen and oxygen atoms in total. The molecule has 1 fully saturated rings. The summed E-state index contributed by atoms with van der Waals surface area (Å²) in [6.45, 7) is 3.93. The molecule has 0 radical (unpaired) electrons. The van der Waals surface area contributed by atoms with Gasteiger partial charge in [0.1, 0.15) is 6.61 Å². The molecule has 2 aromatic carbocycles. The summed E-state index contributed by atoms with van der Waals surface area (Å²) in [5, 5.41) is 15.1. The van der Waals surface area contributed by atoms with E-state index in [-0.39, 0.29) is 31.3 Å². The van der Waals surface area contributed by atoms with Crippen LogP contribution in [0.15, 0.2) is 48.5 Å². The van der Waals surface area contributed by atoms with E-state index in [1.165, 1.54) is 11.1 Å². The number of fused-ring (bicyclic) bond motifs is 3. The Morgan fingerprint density at radius 3 is 2.14 bits per heavy atom. The van der Waals surface area contributed by atoms with Gasteiger partial charge in [0.15, 0.2) is 0 Å². The van der Waals surface area contributed by atoms with Gasteiger partial charge < -0.3 is 20.5 Å². The monoisotopic (exact) mass is 478 g/mol. The van der Waals surface area contributed by atoms with Crippen LogP contribution in [-0.2, 0) is 14.3 Å². The van der Waals surface area contributed by atoms with Gasteiger partial charge in [-0.05, 0) is 55.4 Å². The second kappa shape index (κ2) is 10.1. The van der Waals surface area contributed by atoms with Gasteiger partial charge in [-0.25, -0.2) is 4.79 Å². The van der Waals surface area contributed by atoms with Gasteiger partial charge in [-0.2, -0.15) is 0 Å². The van der Waals surface area contributed by atoms with Gasteiger partial charge in [-0.15, -0.1) is 0 Å². The molecular weight excluding hydrogens is 444 g/mol. The highest BCUT2D eigenvalue weighted by atomic mass is 16.5. The number of carbonyl (C=O) groups excluding carboxylic acids is 2. The maximum absolute atomic E-state index is 12.6. The quantitative estimate of drug-likeness (QED) is 0.471. The molecule has 186 valence electrons. The van der Waals surface area contributed by atoms with E-state index < -0.39 is 23.1 Å². The number of hydrogen-bond acceptors (Lipinski definition) is 4. The predicted molar refractivity (Wildman–Crippen MR) is 133 cm³/mol. The minimum atomic E-state index is -0.899. The summed E-state index contributed by atoms with van der Waals surface area (Å²) in [7, 11) is 0. The molecule has 0 atom stereocenters. The van der Waals surface area contributed by atoms with Crippen molar-refractivity contribution < 1.29 is 24.2 Å². The molecule has 0 bridgehead atoms. The first-order valence-corrected chi connectivity index (χ1v) is 12.3. The van der Waals surface area contributed by atoms with Crippen LogP contribution in [0.2, 0.25) is 0 Å². The summed E-state index contributed by atoms with van der Waals surface area (Å²) in [6.07, 6.45) is 3.24. The van der Waals surface area contributed by atoms with E-state index in [2.05, 4.69) is 34.9 Å². The second-order valence-corrected chi connectivity index (χ2v) is 10.4. The Kier molecular flexibility index (Phi) is 7.15. The standard InChI is InChI=1S/C28H34N2O5/c1-27(2,16-13-24(31)29-28(17-25(32)33)14-7-8-15-28)30-26(34)35-18-23-21-11-5-3-9-19(21)20-10-4-6-12-22(20)23/h3-6,9-12,23H,7-8,13-18H2,1-2H3,(H,29,31)(H,30,34)(H,32,33). The Bertz CT molecular complexity index is 1060. The fourth-order valence-electron chi connectivity index (χ4n) is 5.44. The van der Waals surface area contributed by atoms with Crippen molar-refractivity contribution >= 4 is 18.0 Å². The number of carboxylic acid groups (broad SMARTS) is 1. The van der Waals surface area contributed by atoms with Gasteiger partial charge in [0.05, 0.1) is 12.0 Å². The SMILES string of the molecule is CC(C)(CCC(=O)NC1(CC(=O)O)CCCC1)NC(=O)OCC1c2ccccc2-c2ccccc21. The molecule has 0 aromatic heterocycles. The smallest absolute Gasteiger partial charge is 0.407 e. The van der Waals surface area contributed by atoms with Crippen molar-refractivity contribution in [3.8, 4) is 11.1 Å². The van der Waals surface area contributed by atoms with Crippen LogP contribution >= 0.6 is 0 Å². The number of carboxylic acids is 1. The lowest BCUT2D eigenvalue weighted by Gasteiger charge is -2.30. The van der Waals surface area contributed by atoms with Crippen molar-refractivity contribution in [3.63, 3.8) is 0 Å². The number of nitrogens with one attached hydrogen (secondary N) is 2. The van der Waals surface area contributed by atoms with Gasteiger partial charge >= 0.3 is 12.1 Å². The number of rotatable bonds is 9. The highest BCUT2D eigenvalue weighted by Gasteiger charge is 2.37. The van der Waals surface area contributed by atoms with Gasteiger partial charge in [0, 0.05) is 17.9 Å². The highest BCUT2D eigenvalue weighted by molar-refractivity contribution is 5.80. The summed E-state index contributed by atoms with van der Waals surface area (Å²) in [5.41, 5.74) is 3.35. The molecule has 4 rings (SSSR count). The molecule has 0 aliphatic heterocycles. The van der Waals surface area contributed by atoms with E-state index >= 15 is 0 Å². The predicted octanol–water partition coefficient (Wildman–Crippen LogP) is 4.99. The maximum atomic E-state index is 12.6. The van der Waals surface area contributed by atoms with E-state index in [0.29, 0.717) is 19.3 Å². The molecule has 2 aliphatic rings. The van der Waals surface area contributed by atoms with Gasteiger partial charge in [-0.1, -0.05) is 61.4 Å². The van der Waals surface area contributed by atoms with E-state index in [4.69, 9.17) is 4.74 Å². The van der Waals surface area contributed by atoms with Gasteiger partial charge in [0.2, 0.25) is 5.91 Å². The van der Waals surface area contributed by atoms with E-state index in [1.807, 2.05) is 38.1 Å². The highest BCUT2D eigenvalue weighted by Crippen LogP contribution is 2.44. The minimum Gasteiger partial charge on any atom is -0.481 e. The zero-order valence-corrected chi connectivity index (χ0v) is 20.4. The average Bonchev–Trinajstić information content (AvgIpc) is 3.38. The lowest BCUT2D eigenvalue weighted by molar-refractivity contribution is -0.139. The molecule has 1 saturated carbocycles. The zero-order valence-electron chi connectivity index (χ0n) is 20.4. The van der Waals surface area contributed by atoms with Gasteiger partial charge in [-0.3, -0.25) is 9.59 Å². The number of ether oxygens (including phenoxy) is 1. The third kappa shape index (κ3) is 5.84. The van der Waals surface area contributed by atoms with Crippen LogP contribution < -0.4 is 10.6 Å². The molecular formula is C28H34N2O5. The Balaban J connectivity index is 1.29. The van der Waals surface area contributed by atoms with E-state index in [1.54, 1.807) is 0 Å². The lowest BCUT2D eigenvalue weighted by Crippen LogP contribution is -2.49. The van der Waals surface area contributed by atoms with Crippen molar-refractivity contribution in [2.75, 3.05) is 6.61 Å². The molecule has 3 N–H and O–H groups in total. The van der Waals surface area contributed by atoms with Crippen LogP contribution in [0.5, 0.6) is 0 Å². The third-order valence-electron chi connectivity index (χ3n) is 7.22. The molecule has 2 aromatic rings. The number of aliphatic carboxylic acids is 1. The molecule has 0 heterocycles. The molecule has 7 heteroatoms. The first kappa shape index (κ1) is 24.8. The second-order valence-electron chi connectivity index (χ2n) is 10.4. The molecule has 0 unspecified atom stereocenters. The summed E-state index contributed by atoms with van der Waals surface area (Å²) >= 11 is 0. The van der Waals surface area contributed by atoms with E-state index in [0.717, 1.165) is 24.0 Å². The number of carbonyl (C=O) groups is 3. The van der Waals surface area contributed by atoms with Crippen LogP contribution in [0.25, 0.3) is 11.1 Å². The Labute approximate surface area is 206 Å². The molecule has 0 saturated heterocycles. The molecule has 2 amide bonds. The Morgan fingerprint density at radius 2 is 1.57 bits per heavy atom. The van der Waals surface area contributed by atoms with Crippen LogP contribution in [0.3, 0.4) is 0 Å². The summed E-state index contributed by atoms with van der Waals surface area (Å²) in [4.78, 5) is 36.5. The first-order valence-electron chi connectivity index (χ1n) is 12.3. The average molecular weight is 479 g/mol. The summed E-state index contributed by atoms with van der Waals surface area (Å²) < 4.78 is 5.63. The van der Waals surface area contributed by atoms with Crippen LogP contribution in [-0.4, -0.2) is 40.8 Å². The van der Waals surface area contributed by atoms with Crippen molar-refractivity contribution in [1.29, 1.82) is 0 Å². The summed E-state index contributed by atoms with van der Waals surface area (Å²) in [5.74, 6) is -1.10. The number of hydrogen-bond donors (Lipinski definition) is 3. The topological polar surface area (TPSA) is 105 Å². The fourth-order valence-corrected chi connectivity index (χ4v) is 5.44. The molecule has 35 heavy (non-hydrogen) atoms. The van der Waals surface area contributed by atoms with Crippen molar-refractivity contribution in [3.05, 3.63) is 59.7 Å². The largest absolute Gasteiger partial charge is 0.481 e. The van der Waals surface area contributed by atoms with Crippen LogP contribution in [0, 0.1) is 0 Å². The first-order chi connectivity index (χ1) is 16.7. The third-order valence-corrected chi connectivity index (χ3v) is 7.22. The summed E-state index contributed by atoms with van der Waals surface area (Å²) in [6, 6.07) is 16.4. The van der Waals surface area contributed by atoms with E-state index in [9.17, 15) is 19.5 Å². The van der Waals surface area contributed by atoms with Crippen LogP contribution in [0.1, 0.15) is 75.8 Å². The maximum Gasteiger partial charge on any atom is 0.407 e. The van der Waals surface area contributed by atoms with Crippen molar-refractivity contribution in [2.45, 2.75) is 75.8 Å². The van der Waals surface area contributed by atoms with Crippen molar-refractivity contribution in [1.82, 2.24) is 10.6 Å². The number of alkyl carbamates (subject to hydrolysis) is 1. The van der Waals surface area contributed by atoms with Crippen LogP contribution in [0.4, 0.5) is 4.79 Å². The molecule has 2 aliphatic carbocycles. The number of benzene rings is 2. The van der Waals surface area contributed by atoms with Crippen molar-refractivity contribution in [2.24, 2.45) is 0 Å². The fraction of sp³-hybridized carbons (Fsp3) is 0.464. The number of amides is 2. The Morgan fingerprint density at radius 1 is 1.00 bits per heavy atom. The molecule has 0 spiro atoms. The normalized spacial score (nSPS) is 16.3. The minimum absolute atomic E-state index is 0.0149.